The van der Waals surface area contributed by atoms with Crippen LogP contribution in [0.2, 0.25) is 0 Å². The summed E-state index contributed by atoms with van der Waals surface area (Å²) in [6.07, 6.45) is 1.55. The number of nitrogens with one attached hydrogen (secondary N) is 1. The highest BCUT2D eigenvalue weighted by atomic mass is 35.5. The maximum Gasteiger partial charge on any atom is 0.235 e. The molecule has 1 heterocycles. The average molecular weight is 231 g/mol. The lowest BCUT2D eigenvalue weighted by atomic mass is 9.89. The van der Waals surface area contributed by atoms with Gasteiger partial charge in [0.15, 0.2) is 0 Å². The summed E-state index contributed by atoms with van der Waals surface area (Å²) in [6.45, 7) is 6.52. The third-order valence-electron chi connectivity index (χ3n) is 1.95. The Morgan fingerprint density at radius 1 is 1.60 bits per heavy atom. The number of hydrogen-bond donors (Lipinski definition) is 1. The molecule has 84 valence electrons. The van der Waals surface area contributed by atoms with Crippen LogP contribution in [0.25, 0.3) is 0 Å². The summed E-state index contributed by atoms with van der Waals surface area (Å²) in [5.41, 5.74) is 1.66. The Balaban J connectivity index is 2.70. The van der Waals surface area contributed by atoms with Crippen molar-refractivity contribution in [2.24, 2.45) is 0 Å². The average Bonchev–Trinajstić information content (AvgIpc) is 2.61. The number of halogens is 1. The number of nitrogens with zero attached hydrogens (tertiary/aromatic N) is 1. The van der Waals surface area contributed by atoms with Gasteiger partial charge >= 0.3 is 0 Å². The second-order valence-corrected chi connectivity index (χ2v) is 4.62. The van der Waals surface area contributed by atoms with Crippen molar-refractivity contribution >= 4 is 17.5 Å². The summed E-state index contributed by atoms with van der Waals surface area (Å²) >= 11 is 5.37. The summed E-state index contributed by atoms with van der Waals surface area (Å²) in [6, 6.07) is 0. The molecule has 1 amide bonds. The van der Waals surface area contributed by atoms with E-state index in [0.29, 0.717) is 6.54 Å². The zero-order valence-corrected chi connectivity index (χ0v) is 9.89. The molecule has 0 radical (unpaired) electrons. The Morgan fingerprint density at radius 3 is 2.80 bits per heavy atom. The molecule has 0 atom stereocenters. The van der Waals surface area contributed by atoms with Crippen LogP contribution in [-0.2, 0) is 16.8 Å². The Kier molecular flexibility index (Phi) is 3.74. The molecule has 15 heavy (non-hydrogen) atoms. The number of carbonyl (C=O) groups is 1. The third-order valence-corrected chi connectivity index (χ3v) is 2.19. The van der Waals surface area contributed by atoms with Gasteiger partial charge in [-0.3, -0.25) is 4.79 Å². The maximum atomic E-state index is 11.0. The molecular formula is C10H15ClN2O2. The second kappa shape index (κ2) is 4.66. The molecule has 0 aliphatic heterocycles. The van der Waals surface area contributed by atoms with Gasteiger partial charge in [0.1, 0.15) is 12.1 Å². The number of carbonyl (C=O) groups excluding carboxylic acids is 1. The van der Waals surface area contributed by atoms with Crippen molar-refractivity contribution in [1.82, 2.24) is 10.5 Å². The summed E-state index contributed by atoms with van der Waals surface area (Å²) in [7, 11) is 0. The van der Waals surface area contributed by atoms with Gasteiger partial charge in [-0.25, -0.2) is 0 Å². The van der Waals surface area contributed by atoms with Gasteiger partial charge in [0.2, 0.25) is 5.91 Å². The molecule has 5 heteroatoms. The van der Waals surface area contributed by atoms with Crippen LogP contribution in [0.3, 0.4) is 0 Å². The summed E-state index contributed by atoms with van der Waals surface area (Å²) in [5, 5.41) is 6.61. The highest BCUT2D eigenvalue weighted by molar-refractivity contribution is 6.27. The van der Waals surface area contributed by atoms with Crippen LogP contribution in [0.5, 0.6) is 0 Å². The highest BCUT2D eigenvalue weighted by Crippen LogP contribution is 2.23. The number of alkyl halides is 1. The van der Waals surface area contributed by atoms with Crippen molar-refractivity contribution in [1.29, 1.82) is 0 Å². The first-order valence-electron chi connectivity index (χ1n) is 4.71. The van der Waals surface area contributed by atoms with E-state index in [9.17, 15) is 4.79 Å². The van der Waals surface area contributed by atoms with Crippen LogP contribution < -0.4 is 5.32 Å². The van der Waals surface area contributed by atoms with Crippen molar-refractivity contribution < 1.29 is 9.32 Å². The maximum absolute atomic E-state index is 11.0. The van der Waals surface area contributed by atoms with Crippen molar-refractivity contribution in [2.45, 2.75) is 32.7 Å². The van der Waals surface area contributed by atoms with Crippen molar-refractivity contribution in [3.05, 3.63) is 17.5 Å². The summed E-state index contributed by atoms with van der Waals surface area (Å²) in [5.74, 6) is -0.228. The van der Waals surface area contributed by atoms with Crippen molar-refractivity contribution in [3.63, 3.8) is 0 Å². The predicted octanol–water partition coefficient (Wildman–Crippen LogP) is 1.83. The van der Waals surface area contributed by atoms with Gasteiger partial charge in [0.05, 0.1) is 5.69 Å². The molecule has 0 aromatic carbocycles. The molecule has 1 rings (SSSR count). The van der Waals surface area contributed by atoms with E-state index >= 15 is 0 Å². The number of hydrogen-bond acceptors (Lipinski definition) is 3. The van der Waals surface area contributed by atoms with E-state index < -0.39 is 0 Å². The second-order valence-electron chi connectivity index (χ2n) is 4.35. The van der Waals surface area contributed by atoms with E-state index in [2.05, 4.69) is 10.5 Å². The number of rotatable bonds is 3. The fourth-order valence-corrected chi connectivity index (χ4v) is 1.34. The Bertz CT molecular complexity index is 341. The van der Waals surface area contributed by atoms with Crippen LogP contribution in [0.1, 0.15) is 32.0 Å². The van der Waals surface area contributed by atoms with Gasteiger partial charge in [0, 0.05) is 17.5 Å². The number of amides is 1. The lowest BCUT2D eigenvalue weighted by Crippen LogP contribution is -2.25. The van der Waals surface area contributed by atoms with E-state index in [1.807, 2.05) is 20.8 Å². The molecular weight excluding hydrogens is 216 g/mol. The van der Waals surface area contributed by atoms with Crippen LogP contribution in [-0.4, -0.2) is 16.9 Å². The fourth-order valence-electron chi connectivity index (χ4n) is 1.24. The van der Waals surface area contributed by atoms with Crippen molar-refractivity contribution in [2.75, 3.05) is 5.88 Å². The van der Waals surface area contributed by atoms with E-state index in [-0.39, 0.29) is 17.2 Å². The van der Waals surface area contributed by atoms with Gasteiger partial charge in [-0.2, -0.15) is 0 Å². The Morgan fingerprint density at radius 2 is 2.27 bits per heavy atom. The molecule has 1 aromatic rings. The number of aromatic nitrogens is 1. The molecule has 0 unspecified atom stereocenters. The zero-order chi connectivity index (χ0) is 11.5. The predicted molar refractivity (Wildman–Crippen MR) is 57.8 cm³/mol. The zero-order valence-electron chi connectivity index (χ0n) is 9.13. The molecule has 0 aliphatic carbocycles. The quantitative estimate of drug-likeness (QED) is 0.806. The first-order valence-corrected chi connectivity index (χ1v) is 5.25. The van der Waals surface area contributed by atoms with Crippen LogP contribution in [0.15, 0.2) is 10.8 Å². The van der Waals surface area contributed by atoms with E-state index in [0.717, 1.165) is 11.3 Å². The molecule has 0 bridgehead atoms. The topological polar surface area (TPSA) is 55.1 Å². The van der Waals surface area contributed by atoms with E-state index in [1.54, 1.807) is 6.26 Å². The van der Waals surface area contributed by atoms with Gasteiger partial charge in [-0.05, 0) is 0 Å². The molecule has 0 fully saturated rings. The van der Waals surface area contributed by atoms with Crippen LogP contribution in [0, 0.1) is 0 Å². The SMILES string of the molecule is CC(C)(C)c1nocc1CNC(=O)CCl. The normalized spacial score (nSPS) is 11.5. The molecule has 0 saturated heterocycles. The van der Waals surface area contributed by atoms with E-state index in [1.165, 1.54) is 0 Å². The van der Waals surface area contributed by atoms with Crippen LogP contribution in [0.4, 0.5) is 0 Å². The largest absolute Gasteiger partial charge is 0.364 e. The van der Waals surface area contributed by atoms with Gasteiger partial charge < -0.3 is 9.84 Å². The third kappa shape index (κ3) is 3.23. The minimum atomic E-state index is -0.197. The summed E-state index contributed by atoms with van der Waals surface area (Å²) in [4.78, 5) is 11.0. The smallest absolute Gasteiger partial charge is 0.235 e. The van der Waals surface area contributed by atoms with Gasteiger partial charge in [-0.1, -0.05) is 25.9 Å². The minimum Gasteiger partial charge on any atom is -0.364 e. The molecule has 0 saturated carbocycles. The lowest BCUT2D eigenvalue weighted by Gasteiger charge is -2.16. The van der Waals surface area contributed by atoms with Gasteiger partial charge in [0.25, 0.3) is 0 Å². The first-order chi connectivity index (χ1) is 6.95. The molecule has 1 aromatic heterocycles. The fraction of sp³-hybridized carbons (Fsp3) is 0.600. The van der Waals surface area contributed by atoms with Gasteiger partial charge in [-0.15, -0.1) is 11.6 Å². The summed E-state index contributed by atoms with van der Waals surface area (Å²) < 4.78 is 4.90. The van der Waals surface area contributed by atoms with Crippen molar-refractivity contribution in [3.8, 4) is 0 Å². The van der Waals surface area contributed by atoms with E-state index in [4.69, 9.17) is 16.1 Å². The highest BCUT2D eigenvalue weighted by Gasteiger charge is 2.22. The standard InChI is InChI=1S/C10H15ClN2O2/c1-10(2,3)9-7(6-15-13-9)5-12-8(14)4-11/h6H,4-5H2,1-3H3,(H,12,14). The molecule has 4 nitrogen and oxygen atoms in total. The monoisotopic (exact) mass is 230 g/mol. The van der Waals surface area contributed by atoms with Crippen LogP contribution >= 0.6 is 11.6 Å². The lowest BCUT2D eigenvalue weighted by molar-refractivity contribution is -0.118. The molecule has 0 spiro atoms. The molecule has 1 N–H and O–H groups in total. The minimum absolute atomic E-state index is 0.0316. The molecule has 0 aliphatic rings. The Labute approximate surface area is 94.0 Å². The Hall–Kier alpha value is -1.03. The first kappa shape index (κ1) is 12.0.